The van der Waals surface area contributed by atoms with E-state index in [2.05, 4.69) is 14.9 Å². The van der Waals surface area contributed by atoms with Crippen molar-refractivity contribution in [2.24, 2.45) is 5.16 Å². The fourth-order valence-corrected chi connectivity index (χ4v) is 2.19. The van der Waals surface area contributed by atoms with Gasteiger partial charge in [0.25, 0.3) is 0 Å². The third kappa shape index (κ3) is 3.32. The number of halogens is 2. The zero-order valence-electron chi connectivity index (χ0n) is 10.9. The van der Waals surface area contributed by atoms with Gasteiger partial charge in [0.15, 0.2) is 5.69 Å². The second-order valence-electron chi connectivity index (χ2n) is 4.00. The minimum absolute atomic E-state index is 0.0220. The van der Waals surface area contributed by atoms with Crippen LogP contribution >= 0.6 is 23.2 Å². The smallest absolute Gasteiger partial charge is 0.358 e. The van der Waals surface area contributed by atoms with Gasteiger partial charge in [-0.05, 0) is 23.8 Å². The lowest BCUT2D eigenvalue weighted by molar-refractivity contribution is 0.0594. The molecule has 0 bridgehead atoms. The number of hydrogen-bond donors (Lipinski definition) is 1. The summed E-state index contributed by atoms with van der Waals surface area (Å²) in [5.74, 6) is -0.623. The molecule has 1 heterocycles. The van der Waals surface area contributed by atoms with E-state index in [-0.39, 0.29) is 10.7 Å². The molecule has 0 atom stereocenters. The Morgan fingerprint density at radius 2 is 2.05 bits per heavy atom. The normalized spacial score (nSPS) is 10.8. The highest BCUT2D eigenvalue weighted by Gasteiger charge is 2.15. The molecule has 0 unspecified atom stereocenters. The highest BCUT2D eigenvalue weighted by Crippen LogP contribution is 2.29. The molecule has 0 aliphatic heterocycles. The summed E-state index contributed by atoms with van der Waals surface area (Å²) in [6.45, 7) is 0. The van der Waals surface area contributed by atoms with Gasteiger partial charge in [-0.1, -0.05) is 40.5 Å². The van der Waals surface area contributed by atoms with Crippen molar-refractivity contribution >= 4 is 35.4 Å². The van der Waals surface area contributed by atoms with Crippen LogP contribution in [-0.4, -0.2) is 29.5 Å². The highest BCUT2D eigenvalue weighted by atomic mass is 35.5. The number of oxime groups is 1. The number of hydrogen-bond acceptors (Lipinski definition) is 5. The van der Waals surface area contributed by atoms with Crippen LogP contribution in [0.4, 0.5) is 0 Å². The predicted octanol–water partition coefficient (Wildman–Crippen LogP) is 3.65. The van der Waals surface area contributed by atoms with E-state index in [1.807, 2.05) is 0 Å². The molecule has 1 N–H and O–H groups in total. The molecule has 0 aliphatic rings. The average Bonchev–Trinajstić information content (AvgIpc) is 2.48. The van der Waals surface area contributed by atoms with E-state index in [1.165, 1.54) is 13.3 Å². The van der Waals surface area contributed by atoms with Crippen molar-refractivity contribution in [3.63, 3.8) is 0 Å². The lowest BCUT2D eigenvalue weighted by Crippen LogP contribution is -2.06. The number of carbonyl (C=O) groups excluding carboxylic acids is 1. The van der Waals surface area contributed by atoms with Crippen molar-refractivity contribution in [1.29, 1.82) is 0 Å². The van der Waals surface area contributed by atoms with Gasteiger partial charge in [0.05, 0.1) is 29.1 Å². The van der Waals surface area contributed by atoms with Gasteiger partial charge < -0.3 is 9.94 Å². The van der Waals surface area contributed by atoms with Crippen LogP contribution in [-0.2, 0) is 4.74 Å². The minimum atomic E-state index is -0.623. The molecule has 1 aromatic carbocycles. The van der Waals surface area contributed by atoms with Crippen LogP contribution in [0.5, 0.6) is 0 Å². The standard InChI is InChI=1S/C14H10Cl2N2O3/c1-21-14(19)13-10(15)4-5-12(18-13)9-3-2-8(7-17-20)6-11(9)16/h2-7,20H,1H3/b17-7+. The van der Waals surface area contributed by atoms with Crippen LogP contribution in [0.15, 0.2) is 35.5 Å². The summed E-state index contributed by atoms with van der Waals surface area (Å²) >= 11 is 12.1. The van der Waals surface area contributed by atoms with Gasteiger partial charge in [0.2, 0.25) is 0 Å². The molecule has 0 fully saturated rings. The summed E-state index contributed by atoms with van der Waals surface area (Å²) in [7, 11) is 1.25. The molecule has 21 heavy (non-hydrogen) atoms. The van der Waals surface area contributed by atoms with Crippen LogP contribution in [0.2, 0.25) is 10.0 Å². The molecule has 5 nitrogen and oxygen atoms in total. The van der Waals surface area contributed by atoms with Crippen molar-refractivity contribution in [1.82, 2.24) is 4.98 Å². The van der Waals surface area contributed by atoms with Crippen molar-refractivity contribution in [2.75, 3.05) is 7.11 Å². The van der Waals surface area contributed by atoms with E-state index in [0.717, 1.165) is 0 Å². The van der Waals surface area contributed by atoms with Crippen molar-refractivity contribution in [2.45, 2.75) is 0 Å². The van der Waals surface area contributed by atoms with Gasteiger partial charge in [-0.2, -0.15) is 0 Å². The van der Waals surface area contributed by atoms with Gasteiger partial charge in [-0.3, -0.25) is 0 Å². The molecule has 1 aromatic heterocycles. The first-order valence-electron chi connectivity index (χ1n) is 5.79. The molecular weight excluding hydrogens is 315 g/mol. The SMILES string of the molecule is COC(=O)c1nc(-c2ccc(/C=N/O)cc2Cl)ccc1Cl. The summed E-state index contributed by atoms with van der Waals surface area (Å²) in [6.07, 6.45) is 1.25. The fourth-order valence-electron chi connectivity index (χ4n) is 1.72. The van der Waals surface area contributed by atoms with Crippen LogP contribution in [0, 0.1) is 0 Å². The Kier molecular flexibility index (Phi) is 4.77. The van der Waals surface area contributed by atoms with Crippen molar-refractivity contribution in [3.05, 3.63) is 51.6 Å². The summed E-state index contributed by atoms with van der Waals surface area (Å²) < 4.78 is 4.63. The first kappa shape index (κ1) is 15.3. The maximum atomic E-state index is 11.6. The average molecular weight is 325 g/mol. The Hall–Kier alpha value is -2.11. The summed E-state index contributed by atoms with van der Waals surface area (Å²) in [4.78, 5) is 15.8. The van der Waals surface area contributed by atoms with E-state index in [4.69, 9.17) is 28.4 Å². The molecule has 0 saturated carbocycles. The lowest BCUT2D eigenvalue weighted by Gasteiger charge is -2.07. The monoisotopic (exact) mass is 324 g/mol. The van der Waals surface area contributed by atoms with E-state index >= 15 is 0 Å². The van der Waals surface area contributed by atoms with Gasteiger partial charge in [0.1, 0.15) is 0 Å². The Morgan fingerprint density at radius 1 is 1.29 bits per heavy atom. The van der Waals surface area contributed by atoms with Gasteiger partial charge >= 0.3 is 5.97 Å². The molecule has 0 spiro atoms. The number of aromatic nitrogens is 1. The maximum Gasteiger partial charge on any atom is 0.358 e. The molecular formula is C14H10Cl2N2O3. The zero-order valence-corrected chi connectivity index (χ0v) is 12.4. The predicted molar refractivity (Wildman–Crippen MR) is 80.4 cm³/mol. The summed E-state index contributed by atoms with van der Waals surface area (Å²) in [6, 6.07) is 8.22. The Labute approximate surface area is 130 Å². The molecule has 0 saturated heterocycles. The summed E-state index contributed by atoms with van der Waals surface area (Å²) in [5, 5.41) is 12.0. The second-order valence-corrected chi connectivity index (χ2v) is 4.82. The maximum absolute atomic E-state index is 11.6. The van der Waals surface area contributed by atoms with Crippen LogP contribution in [0.25, 0.3) is 11.3 Å². The lowest BCUT2D eigenvalue weighted by atomic mass is 10.1. The number of rotatable bonds is 3. The number of benzene rings is 1. The first-order valence-corrected chi connectivity index (χ1v) is 6.54. The van der Waals surface area contributed by atoms with Crippen LogP contribution < -0.4 is 0 Å². The number of methoxy groups -OCH3 is 1. The topological polar surface area (TPSA) is 71.8 Å². The minimum Gasteiger partial charge on any atom is -0.464 e. The van der Waals surface area contributed by atoms with Gasteiger partial charge in [-0.15, -0.1) is 0 Å². The third-order valence-electron chi connectivity index (χ3n) is 2.70. The highest BCUT2D eigenvalue weighted by molar-refractivity contribution is 6.34. The quantitative estimate of drug-likeness (QED) is 0.405. The largest absolute Gasteiger partial charge is 0.464 e. The Morgan fingerprint density at radius 3 is 2.67 bits per heavy atom. The molecule has 108 valence electrons. The molecule has 0 aliphatic carbocycles. The number of esters is 1. The molecule has 2 aromatic rings. The van der Waals surface area contributed by atoms with Crippen LogP contribution in [0.1, 0.15) is 16.1 Å². The van der Waals surface area contributed by atoms with Crippen molar-refractivity contribution < 1.29 is 14.7 Å². The molecule has 7 heteroatoms. The zero-order chi connectivity index (χ0) is 15.4. The molecule has 0 radical (unpaired) electrons. The number of nitrogens with zero attached hydrogens (tertiary/aromatic N) is 2. The molecule has 0 amide bonds. The van der Waals surface area contributed by atoms with E-state index in [0.29, 0.717) is 21.8 Å². The van der Waals surface area contributed by atoms with Crippen molar-refractivity contribution in [3.8, 4) is 11.3 Å². The molecule has 2 rings (SSSR count). The van der Waals surface area contributed by atoms with Crippen LogP contribution in [0.3, 0.4) is 0 Å². The van der Waals surface area contributed by atoms with E-state index < -0.39 is 5.97 Å². The van der Waals surface area contributed by atoms with E-state index in [9.17, 15) is 4.79 Å². The van der Waals surface area contributed by atoms with E-state index in [1.54, 1.807) is 30.3 Å². The number of pyridine rings is 1. The third-order valence-corrected chi connectivity index (χ3v) is 3.32. The second kappa shape index (κ2) is 6.56. The first-order chi connectivity index (χ1) is 10.1. The number of ether oxygens (including phenoxy) is 1. The van der Waals surface area contributed by atoms with Gasteiger partial charge in [0, 0.05) is 5.56 Å². The number of carbonyl (C=O) groups is 1. The fraction of sp³-hybridized carbons (Fsp3) is 0.0714. The summed E-state index contributed by atoms with van der Waals surface area (Å²) in [5.41, 5.74) is 1.76. The van der Waals surface area contributed by atoms with Gasteiger partial charge in [-0.25, -0.2) is 9.78 Å². The Bertz CT molecular complexity index is 717. The Balaban J connectivity index is 2.49.